The van der Waals surface area contributed by atoms with Gasteiger partial charge >= 0.3 is 0 Å². The van der Waals surface area contributed by atoms with E-state index in [2.05, 4.69) is 50.4 Å². The molecule has 0 heterocycles. The van der Waals surface area contributed by atoms with Crippen LogP contribution in [0.5, 0.6) is 0 Å². The second-order valence-electron chi connectivity index (χ2n) is 5.33. The lowest BCUT2D eigenvalue weighted by Crippen LogP contribution is -2.11. The van der Waals surface area contributed by atoms with Gasteiger partial charge in [-0.1, -0.05) is 32.1 Å². The highest BCUT2D eigenvalue weighted by atomic mass is 14.8. The Morgan fingerprint density at radius 2 is 1.94 bits per heavy atom. The first-order chi connectivity index (χ1) is 8.13. The molecule has 17 heavy (non-hydrogen) atoms. The van der Waals surface area contributed by atoms with Gasteiger partial charge in [0, 0.05) is 18.3 Å². The van der Waals surface area contributed by atoms with Crippen LogP contribution in [-0.4, -0.2) is 7.05 Å². The van der Waals surface area contributed by atoms with Crippen molar-refractivity contribution in [1.82, 2.24) is 0 Å². The summed E-state index contributed by atoms with van der Waals surface area (Å²) in [6.45, 7) is 6.88. The number of aryl methyl sites for hydroxylation is 1. The van der Waals surface area contributed by atoms with Gasteiger partial charge in [-0.15, -0.1) is 0 Å². The lowest BCUT2D eigenvalue weighted by atomic mass is 9.79. The van der Waals surface area contributed by atoms with E-state index >= 15 is 0 Å². The van der Waals surface area contributed by atoms with Gasteiger partial charge in [-0.2, -0.15) is 0 Å². The van der Waals surface area contributed by atoms with Crippen LogP contribution in [0.4, 0.5) is 5.69 Å². The van der Waals surface area contributed by atoms with Gasteiger partial charge in [-0.25, -0.2) is 0 Å². The van der Waals surface area contributed by atoms with E-state index in [1.165, 1.54) is 35.2 Å². The Hall–Kier alpha value is -1.24. The molecule has 1 aromatic carbocycles. The van der Waals surface area contributed by atoms with Crippen molar-refractivity contribution in [2.24, 2.45) is 11.8 Å². The summed E-state index contributed by atoms with van der Waals surface area (Å²) in [6.07, 6.45) is 5.10. The van der Waals surface area contributed by atoms with Gasteiger partial charge in [-0.3, -0.25) is 0 Å². The zero-order valence-electron chi connectivity index (χ0n) is 11.4. The fourth-order valence-corrected chi connectivity index (χ4v) is 2.81. The molecule has 2 atom stereocenters. The Kier molecular flexibility index (Phi) is 3.56. The van der Waals surface area contributed by atoms with E-state index in [0.717, 1.165) is 0 Å². The number of hydrogen-bond donors (Lipinski definition) is 1. The van der Waals surface area contributed by atoms with Crippen LogP contribution in [-0.2, 0) is 0 Å². The summed E-state index contributed by atoms with van der Waals surface area (Å²) >= 11 is 0. The number of allylic oxidation sites excluding steroid dienone is 2. The van der Waals surface area contributed by atoms with E-state index in [9.17, 15) is 0 Å². The highest BCUT2D eigenvalue weighted by Crippen LogP contribution is 2.39. The minimum Gasteiger partial charge on any atom is -0.388 e. The van der Waals surface area contributed by atoms with Crippen LogP contribution in [0, 0.1) is 18.8 Å². The van der Waals surface area contributed by atoms with E-state index < -0.39 is 0 Å². The van der Waals surface area contributed by atoms with Gasteiger partial charge in [0.25, 0.3) is 0 Å². The molecule has 92 valence electrons. The smallest absolute Gasteiger partial charge is 0.0416 e. The molecule has 1 heteroatoms. The molecule has 0 saturated carbocycles. The van der Waals surface area contributed by atoms with E-state index in [-0.39, 0.29) is 0 Å². The highest BCUT2D eigenvalue weighted by Gasteiger charge is 2.21. The second-order valence-corrected chi connectivity index (χ2v) is 5.33. The first-order valence-corrected chi connectivity index (χ1v) is 6.63. The summed E-state index contributed by atoms with van der Waals surface area (Å²) in [6, 6.07) is 6.51. The van der Waals surface area contributed by atoms with Gasteiger partial charge in [0.15, 0.2) is 0 Å². The van der Waals surface area contributed by atoms with Crippen molar-refractivity contribution >= 4 is 11.3 Å². The first kappa shape index (κ1) is 12.2. The summed E-state index contributed by atoms with van der Waals surface area (Å²) in [5.74, 6) is 1.39. The molecule has 0 amide bonds. The normalized spacial score (nSPS) is 24.4. The second kappa shape index (κ2) is 4.95. The molecule has 0 bridgehead atoms. The molecule has 2 unspecified atom stereocenters. The monoisotopic (exact) mass is 229 g/mol. The summed E-state index contributed by atoms with van der Waals surface area (Å²) in [5.41, 5.74) is 5.60. The predicted octanol–water partition coefficient (Wildman–Crippen LogP) is 4.49. The number of anilines is 1. The topological polar surface area (TPSA) is 12.0 Å². The summed E-state index contributed by atoms with van der Waals surface area (Å²) < 4.78 is 0. The zero-order chi connectivity index (χ0) is 12.4. The van der Waals surface area contributed by atoms with Crippen molar-refractivity contribution in [3.8, 4) is 0 Å². The van der Waals surface area contributed by atoms with Crippen LogP contribution in [0.2, 0.25) is 0 Å². The zero-order valence-corrected chi connectivity index (χ0v) is 11.4. The van der Waals surface area contributed by atoms with Crippen LogP contribution < -0.4 is 5.32 Å². The third kappa shape index (κ3) is 2.38. The average molecular weight is 229 g/mol. The van der Waals surface area contributed by atoms with Crippen molar-refractivity contribution in [2.45, 2.75) is 33.6 Å². The number of rotatable bonds is 2. The molecule has 0 saturated heterocycles. The molecule has 0 fully saturated rings. The van der Waals surface area contributed by atoms with Gasteiger partial charge in [0.05, 0.1) is 0 Å². The van der Waals surface area contributed by atoms with Crippen molar-refractivity contribution in [2.75, 3.05) is 12.4 Å². The number of nitrogens with one attached hydrogen (secondary N) is 1. The summed E-state index contributed by atoms with van der Waals surface area (Å²) in [5, 5.41) is 3.33. The minimum atomic E-state index is 0.680. The van der Waals surface area contributed by atoms with Crippen LogP contribution in [0.25, 0.3) is 5.57 Å². The van der Waals surface area contributed by atoms with Crippen molar-refractivity contribution < 1.29 is 0 Å². The minimum absolute atomic E-state index is 0.680. The number of hydrogen-bond acceptors (Lipinski definition) is 1. The third-order valence-corrected chi connectivity index (χ3v) is 3.88. The standard InChI is InChI=1S/C16H23N/c1-11-8-9-12(2)14(10-11)16-13(3)6-5-7-15(16)17-4/h5-7,10-12,17H,8-9H2,1-4H3. The lowest BCUT2D eigenvalue weighted by molar-refractivity contribution is 0.515. The fourth-order valence-electron chi connectivity index (χ4n) is 2.81. The third-order valence-electron chi connectivity index (χ3n) is 3.88. The van der Waals surface area contributed by atoms with Crippen molar-refractivity contribution in [3.05, 3.63) is 35.4 Å². The molecule has 2 rings (SSSR count). The molecule has 1 aromatic rings. The average Bonchev–Trinajstić information content (AvgIpc) is 2.32. The molecule has 1 aliphatic carbocycles. The Balaban J connectivity index is 2.52. The van der Waals surface area contributed by atoms with Crippen molar-refractivity contribution in [1.29, 1.82) is 0 Å². The summed E-state index contributed by atoms with van der Waals surface area (Å²) in [4.78, 5) is 0. The largest absolute Gasteiger partial charge is 0.388 e. The number of benzene rings is 1. The van der Waals surface area contributed by atoms with E-state index in [0.29, 0.717) is 11.8 Å². The van der Waals surface area contributed by atoms with Crippen LogP contribution >= 0.6 is 0 Å². The maximum Gasteiger partial charge on any atom is 0.0416 e. The Labute approximate surface area is 105 Å². The molecule has 0 spiro atoms. The quantitative estimate of drug-likeness (QED) is 0.788. The van der Waals surface area contributed by atoms with Gasteiger partial charge in [0.1, 0.15) is 0 Å². The van der Waals surface area contributed by atoms with Gasteiger partial charge in [-0.05, 0) is 48.8 Å². The van der Waals surface area contributed by atoms with Crippen molar-refractivity contribution in [3.63, 3.8) is 0 Å². The SMILES string of the molecule is CNc1cccc(C)c1C1=CC(C)CCC1C. The molecule has 0 radical (unpaired) electrons. The molecular weight excluding hydrogens is 206 g/mol. The summed E-state index contributed by atoms with van der Waals surface area (Å²) in [7, 11) is 2.01. The molecule has 1 aliphatic rings. The predicted molar refractivity (Wildman–Crippen MR) is 76.3 cm³/mol. The molecule has 1 N–H and O–H groups in total. The van der Waals surface area contributed by atoms with Gasteiger partial charge < -0.3 is 5.32 Å². The fraction of sp³-hybridized carbons (Fsp3) is 0.500. The molecular formula is C16H23N. The van der Waals surface area contributed by atoms with Crippen LogP contribution in [0.15, 0.2) is 24.3 Å². The van der Waals surface area contributed by atoms with Crippen LogP contribution in [0.1, 0.15) is 37.8 Å². The maximum absolute atomic E-state index is 3.33. The Morgan fingerprint density at radius 3 is 2.65 bits per heavy atom. The first-order valence-electron chi connectivity index (χ1n) is 6.63. The Morgan fingerprint density at radius 1 is 1.18 bits per heavy atom. The lowest BCUT2D eigenvalue weighted by Gasteiger charge is -2.27. The maximum atomic E-state index is 3.33. The van der Waals surface area contributed by atoms with E-state index in [1.54, 1.807) is 0 Å². The van der Waals surface area contributed by atoms with E-state index in [1.807, 2.05) is 7.05 Å². The highest BCUT2D eigenvalue weighted by molar-refractivity contribution is 5.80. The van der Waals surface area contributed by atoms with Gasteiger partial charge in [0.2, 0.25) is 0 Å². The van der Waals surface area contributed by atoms with E-state index in [4.69, 9.17) is 0 Å². The molecule has 0 aromatic heterocycles. The van der Waals surface area contributed by atoms with Crippen LogP contribution in [0.3, 0.4) is 0 Å². The molecule has 0 aliphatic heterocycles. The Bertz CT molecular complexity index is 431. The molecule has 1 nitrogen and oxygen atoms in total.